The van der Waals surface area contributed by atoms with E-state index in [9.17, 15) is 13.2 Å². The van der Waals surface area contributed by atoms with Gasteiger partial charge in [0.15, 0.2) is 11.7 Å². The highest BCUT2D eigenvalue weighted by molar-refractivity contribution is 7.09. The van der Waals surface area contributed by atoms with Crippen molar-refractivity contribution in [3.05, 3.63) is 27.7 Å². The zero-order valence-electron chi connectivity index (χ0n) is 17.1. The van der Waals surface area contributed by atoms with Crippen LogP contribution in [0.2, 0.25) is 0 Å². The largest absolute Gasteiger partial charge is 0.434 e. The number of rotatable bonds is 8. The number of nitrogens with zero attached hydrogens (tertiary/aromatic N) is 5. The van der Waals surface area contributed by atoms with Crippen molar-refractivity contribution in [3.63, 3.8) is 0 Å². The van der Waals surface area contributed by atoms with Gasteiger partial charge in [-0.1, -0.05) is 6.42 Å². The number of aliphatic imine (C=N–C) groups is 1. The van der Waals surface area contributed by atoms with Crippen molar-refractivity contribution in [1.82, 2.24) is 30.4 Å². The smallest absolute Gasteiger partial charge is 0.357 e. The monoisotopic (exact) mass is 443 g/mol. The first-order valence-corrected chi connectivity index (χ1v) is 11.3. The van der Waals surface area contributed by atoms with Gasteiger partial charge in [0.25, 0.3) is 0 Å². The van der Waals surface area contributed by atoms with Crippen LogP contribution in [-0.4, -0.2) is 45.3 Å². The average molecular weight is 444 g/mol. The number of nitrogens with one attached hydrogen (secondary N) is 2. The molecule has 0 aromatic carbocycles. The lowest BCUT2D eigenvalue weighted by atomic mass is 10.2. The third-order valence-corrected chi connectivity index (χ3v) is 5.74. The molecule has 1 aliphatic rings. The van der Waals surface area contributed by atoms with E-state index < -0.39 is 11.9 Å². The summed E-state index contributed by atoms with van der Waals surface area (Å²) in [6, 6.07) is 0. The van der Waals surface area contributed by atoms with Crippen molar-refractivity contribution in [2.45, 2.75) is 64.6 Å². The van der Waals surface area contributed by atoms with E-state index >= 15 is 0 Å². The molecule has 2 aromatic rings. The number of aryl methyl sites for hydroxylation is 2. The molecule has 7 nitrogen and oxygen atoms in total. The van der Waals surface area contributed by atoms with Crippen molar-refractivity contribution >= 4 is 17.3 Å². The number of guanidine groups is 1. The van der Waals surface area contributed by atoms with Gasteiger partial charge in [0, 0.05) is 50.8 Å². The Balaban J connectivity index is 1.44. The maximum atomic E-state index is 12.6. The molecule has 0 bridgehead atoms. The first-order chi connectivity index (χ1) is 14.5. The standard InChI is InChI=1S/C19H28F3N7S/c1-2-23-18(25-11-9-17-26-14(13-30-17)19(20,21)22)24-10-6-8-16-28-27-15-7-4-3-5-12-29(15)16/h13H,2-12H2,1H3,(H2,23,24,25). The Morgan fingerprint density at radius 3 is 2.83 bits per heavy atom. The molecule has 0 fully saturated rings. The Morgan fingerprint density at radius 2 is 2.07 bits per heavy atom. The van der Waals surface area contributed by atoms with Crippen LogP contribution in [0.3, 0.4) is 0 Å². The Morgan fingerprint density at radius 1 is 1.20 bits per heavy atom. The Kier molecular flexibility index (Phi) is 8.06. The summed E-state index contributed by atoms with van der Waals surface area (Å²) in [5.41, 5.74) is -0.825. The maximum Gasteiger partial charge on any atom is 0.434 e. The van der Waals surface area contributed by atoms with Gasteiger partial charge >= 0.3 is 6.18 Å². The average Bonchev–Trinajstić information content (AvgIpc) is 3.26. The number of halogens is 3. The molecule has 30 heavy (non-hydrogen) atoms. The summed E-state index contributed by atoms with van der Waals surface area (Å²) < 4.78 is 40.1. The van der Waals surface area contributed by atoms with E-state index in [2.05, 4.69) is 35.4 Å². The van der Waals surface area contributed by atoms with Crippen LogP contribution in [0.25, 0.3) is 0 Å². The molecular formula is C19H28F3N7S. The summed E-state index contributed by atoms with van der Waals surface area (Å²) in [5, 5.41) is 16.5. The summed E-state index contributed by atoms with van der Waals surface area (Å²) in [4.78, 5) is 8.21. The molecule has 166 valence electrons. The van der Waals surface area contributed by atoms with Gasteiger partial charge in [0.05, 0.1) is 5.01 Å². The molecule has 0 radical (unpaired) electrons. The molecule has 2 aromatic heterocycles. The molecule has 0 spiro atoms. The maximum absolute atomic E-state index is 12.6. The second-order valence-electron chi connectivity index (χ2n) is 7.16. The topological polar surface area (TPSA) is 80.0 Å². The predicted molar refractivity (Wildman–Crippen MR) is 111 cm³/mol. The van der Waals surface area contributed by atoms with Gasteiger partial charge in [-0.3, -0.25) is 4.99 Å². The zero-order chi connectivity index (χ0) is 21.4. The SMILES string of the molecule is CCNC(=NCCCc1nnc2n1CCCCC2)NCCc1nc(C(F)(F)F)cs1. The van der Waals surface area contributed by atoms with Gasteiger partial charge in [-0.05, 0) is 26.2 Å². The van der Waals surface area contributed by atoms with Gasteiger partial charge in [-0.15, -0.1) is 21.5 Å². The van der Waals surface area contributed by atoms with Crippen LogP contribution in [0.4, 0.5) is 13.2 Å². The van der Waals surface area contributed by atoms with E-state index in [0.29, 0.717) is 37.0 Å². The fraction of sp³-hybridized carbons (Fsp3) is 0.684. The fourth-order valence-corrected chi connectivity index (χ4v) is 4.15. The van der Waals surface area contributed by atoms with Gasteiger partial charge < -0.3 is 15.2 Å². The van der Waals surface area contributed by atoms with Crippen LogP contribution in [-0.2, 0) is 32.0 Å². The van der Waals surface area contributed by atoms with E-state index in [1.165, 1.54) is 19.3 Å². The van der Waals surface area contributed by atoms with Crippen molar-refractivity contribution in [3.8, 4) is 0 Å². The third-order valence-electron chi connectivity index (χ3n) is 4.83. The molecule has 3 rings (SSSR count). The van der Waals surface area contributed by atoms with Crippen molar-refractivity contribution in [2.24, 2.45) is 4.99 Å². The highest BCUT2D eigenvalue weighted by atomic mass is 32.1. The third kappa shape index (κ3) is 6.41. The van der Waals surface area contributed by atoms with Crippen LogP contribution in [0.1, 0.15) is 55.0 Å². The summed E-state index contributed by atoms with van der Waals surface area (Å²) in [7, 11) is 0. The second kappa shape index (κ2) is 10.7. The first kappa shape index (κ1) is 22.5. The fourth-order valence-electron chi connectivity index (χ4n) is 3.34. The number of alkyl halides is 3. The normalized spacial score (nSPS) is 15.0. The Bertz CT molecular complexity index is 828. The lowest BCUT2D eigenvalue weighted by Crippen LogP contribution is -2.38. The van der Waals surface area contributed by atoms with E-state index in [-0.39, 0.29) is 0 Å². The molecule has 0 saturated carbocycles. The molecule has 0 atom stereocenters. The molecular weight excluding hydrogens is 415 g/mol. The number of hydrogen-bond donors (Lipinski definition) is 2. The molecule has 1 aliphatic heterocycles. The summed E-state index contributed by atoms with van der Waals surface area (Å²) >= 11 is 1.03. The predicted octanol–water partition coefficient (Wildman–Crippen LogP) is 3.21. The van der Waals surface area contributed by atoms with Crippen LogP contribution in [0, 0.1) is 0 Å². The Hall–Kier alpha value is -2.17. The quantitative estimate of drug-likeness (QED) is 0.372. The van der Waals surface area contributed by atoms with Crippen LogP contribution in [0.5, 0.6) is 0 Å². The zero-order valence-corrected chi connectivity index (χ0v) is 18.0. The van der Waals surface area contributed by atoms with Crippen LogP contribution in [0.15, 0.2) is 10.4 Å². The van der Waals surface area contributed by atoms with Crippen LogP contribution >= 0.6 is 11.3 Å². The number of hydrogen-bond acceptors (Lipinski definition) is 5. The minimum absolute atomic E-state index is 0.414. The molecule has 11 heteroatoms. The number of aromatic nitrogens is 4. The van der Waals surface area contributed by atoms with Crippen LogP contribution < -0.4 is 10.6 Å². The van der Waals surface area contributed by atoms with E-state index in [1.807, 2.05) is 6.92 Å². The molecule has 0 unspecified atom stereocenters. The van der Waals surface area contributed by atoms with E-state index in [4.69, 9.17) is 0 Å². The Labute approximate surface area is 178 Å². The van der Waals surface area contributed by atoms with Crippen molar-refractivity contribution in [2.75, 3.05) is 19.6 Å². The second-order valence-corrected chi connectivity index (χ2v) is 8.10. The minimum Gasteiger partial charge on any atom is -0.357 e. The van der Waals surface area contributed by atoms with Gasteiger partial charge in [-0.25, -0.2) is 4.98 Å². The lowest BCUT2D eigenvalue weighted by molar-refractivity contribution is -0.140. The summed E-state index contributed by atoms with van der Waals surface area (Å²) in [5.74, 6) is 2.78. The van der Waals surface area contributed by atoms with E-state index in [1.54, 1.807) is 0 Å². The van der Waals surface area contributed by atoms with Gasteiger partial charge in [0.1, 0.15) is 11.6 Å². The van der Waals surface area contributed by atoms with Crippen molar-refractivity contribution < 1.29 is 13.2 Å². The van der Waals surface area contributed by atoms with Gasteiger partial charge in [0.2, 0.25) is 0 Å². The summed E-state index contributed by atoms with van der Waals surface area (Å²) in [6.45, 7) is 4.78. The molecule has 0 amide bonds. The molecule has 0 aliphatic carbocycles. The molecule has 0 saturated heterocycles. The molecule has 2 N–H and O–H groups in total. The summed E-state index contributed by atoms with van der Waals surface area (Å²) in [6.07, 6.45) is 2.31. The number of thiazole rings is 1. The molecule has 3 heterocycles. The van der Waals surface area contributed by atoms with Gasteiger partial charge in [-0.2, -0.15) is 13.2 Å². The van der Waals surface area contributed by atoms with E-state index in [0.717, 1.165) is 54.2 Å². The highest BCUT2D eigenvalue weighted by Gasteiger charge is 2.33. The van der Waals surface area contributed by atoms with Crippen molar-refractivity contribution in [1.29, 1.82) is 0 Å². The minimum atomic E-state index is -4.39. The highest BCUT2D eigenvalue weighted by Crippen LogP contribution is 2.30. The lowest BCUT2D eigenvalue weighted by Gasteiger charge is -2.11. The first-order valence-electron chi connectivity index (χ1n) is 10.4. The number of fused-ring (bicyclic) bond motifs is 1.